The molecule has 0 unspecified atom stereocenters. The zero-order valence-electron chi connectivity index (χ0n) is 12.0. The first-order valence-electron chi connectivity index (χ1n) is 7.15. The van der Waals surface area contributed by atoms with Crippen molar-refractivity contribution in [2.45, 2.75) is 19.8 Å². The summed E-state index contributed by atoms with van der Waals surface area (Å²) in [7, 11) is 0. The second kappa shape index (κ2) is 5.91. The van der Waals surface area contributed by atoms with Gasteiger partial charge in [-0.05, 0) is 19.1 Å². The lowest BCUT2D eigenvalue weighted by molar-refractivity contribution is -0.119. The summed E-state index contributed by atoms with van der Waals surface area (Å²) >= 11 is 0. The first-order chi connectivity index (χ1) is 10.2. The SMILES string of the molecule is Cc1cc(N2CCC(=O)CC2)nc(Nc2ccccc2)n1. The van der Waals surface area contributed by atoms with E-state index in [0.717, 1.165) is 30.3 Å². The number of rotatable bonds is 3. The minimum absolute atomic E-state index is 0.333. The van der Waals surface area contributed by atoms with E-state index in [4.69, 9.17) is 0 Å². The van der Waals surface area contributed by atoms with Crippen LogP contribution in [0.5, 0.6) is 0 Å². The van der Waals surface area contributed by atoms with Crippen LogP contribution in [-0.2, 0) is 4.79 Å². The van der Waals surface area contributed by atoms with Gasteiger partial charge in [0.1, 0.15) is 11.6 Å². The van der Waals surface area contributed by atoms with E-state index in [2.05, 4.69) is 20.2 Å². The third kappa shape index (κ3) is 3.37. The molecule has 1 N–H and O–H groups in total. The Morgan fingerprint density at radius 3 is 2.52 bits per heavy atom. The molecular weight excluding hydrogens is 264 g/mol. The maximum Gasteiger partial charge on any atom is 0.229 e. The smallest absolute Gasteiger partial charge is 0.229 e. The largest absolute Gasteiger partial charge is 0.356 e. The molecule has 5 nitrogen and oxygen atoms in total. The highest BCUT2D eigenvalue weighted by Gasteiger charge is 2.18. The van der Waals surface area contributed by atoms with Crippen LogP contribution < -0.4 is 10.2 Å². The minimum Gasteiger partial charge on any atom is -0.356 e. The average molecular weight is 282 g/mol. The minimum atomic E-state index is 0.333. The van der Waals surface area contributed by atoms with Crippen molar-refractivity contribution >= 4 is 23.2 Å². The number of benzene rings is 1. The number of hydrogen-bond acceptors (Lipinski definition) is 5. The van der Waals surface area contributed by atoms with Crippen molar-refractivity contribution in [2.24, 2.45) is 0 Å². The second-order valence-electron chi connectivity index (χ2n) is 5.21. The van der Waals surface area contributed by atoms with Crippen LogP contribution in [0.2, 0.25) is 0 Å². The molecule has 3 rings (SSSR count). The molecule has 0 bridgehead atoms. The van der Waals surface area contributed by atoms with Gasteiger partial charge in [-0.25, -0.2) is 4.98 Å². The highest BCUT2D eigenvalue weighted by molar-refractivity contribution is 5.80. The van der Waals surface area contributed by atoms with E-state index in [9.17, 15) is 4.79 Å². The van der Waals surface area contributed by atoms with E-state index >= 15 is 0 Å². The molecule has 2 heterocycles. The highest BCUT2D eigenvalue weighted by Crippen LogP contribution is 2.20. The van der Waals surface area contributed by atoms with Gasteiger partial charge in [-0.1, -0.05) is 18.2 Å². The number of ketones is 1. The van der Waals surface area contributed by atoms with E-state index in [1.54, 1.807) is 0 Å². The predicted octanol–water partition coefficient (Wildman–Crippen LogP) is 2.70. The van der Waals surface area contributed by atoms with Gasteiger partial charge in [-0.3, -0.25) is 4.79 Å². The van der Waals surface area contributed by atoms with Crippen LogP contribution >= 0.6 is 0 Å². The molecule has 0 spiro atoms. The van der Waals surface area contributed by atoms with Crippen molar-refractivity contribution in [1.82, 2.24) is 9.97 Å². The van der Waals surface area contributed by atoms with Crippen LogP contribution in [0.3, 0.4) is 0 Å². The first kappa shape index (κ1) is 13.5. The van der Waals surface area contributed by atoms with Crippen molar-refractivity contribution < 1.29 is 4.79 Å². The Labute approximate surface area is 124 Å². The molecule has 0 saturated carbocycles. The normalized spacial score (nSPS) is 15.1. The Morgan fingerprint density at radius 2 is 1.81 bits per heavy atom. The number of para-hydroxylation sites is 1. The van der Waals surface area contributed by atoms with Gasteiger partial charge in [0.05, 0.1) is 0 Å². The molecule has 0 atom stereocenters. The van der Waals surface area contributed by atoms with E-state index in [1.165, 1.54) is 0 Å². The number of carbonyl (C=O) groups excluding carboxylic acids is 1. The Balaban J connectivity index is 1.81. The van der Waals surface area contributed by atoms with Crippen LogP contribution in [0.1, 0.15) is 18.5 Å². The standard InChI is InChI=1S/C16H18N4O/c1-12-11-15(20-9-7-14(21)8-10-20)19-16(17-12)18-13-5-3-2-4-6-13/h2-6,11H,7-10H2,1H3,(H,17,18,19). The summed E-state index contributed by atoms with van der Waals surface area (Å²) in [6, 6.07) is 11.8. The monoisotopic (exact) mass is 282 g/mol. The maximum absolute atomic E-state index is 11.3. The van der Waals surface area contributed by atoms with Gasteiger partial charge >= 0.3 is 0 Å². The van der Waals surface area contributed by atoms with Crippen LogP contribution in [0, 0.1) is 6.92 Å². The van der Waals surface area contributed by atoms with Gasteiger partial charge in [0.25, 0.3) is 0 Å². The van der Waals surface area contributed by atoms with Crippen molar-refractivity contribution in [3.63, 3.8) is 0 Å². The van der Waals surface area contributed by atoms with Gasteiger partial charge < -0.3 is 10.2 Å². The van der Waals surface area contributed by atoms with Crippen molar-refractivity contribution in [3.05, 3.63) is 42.1 Å². The molecule has 1 aromatic heterocycles. The number of carbonyl (C=O) groups is 1. The molecule has 0 amide bonds. The molecule has 0 radical (unpaired) electrons. The third-order valence-corrected chi connectivity index (χ3v) is 3.52. The summed E-state index contributed by atoms with van der Waals surface area (Å²) in [5, 5.41) is 3.22. The molecule has 21 heavy (non-hydrogen) atoms. The van der Waals surface area contributed by atoms with E-state index in [0.29, 0.717) is 24.6 Å². The number of hydrogen-bond donors (Lipinski definition) is 1. The Hall–Kier alpha value is -2.43. The molecular formula is C16H18N4O. The number of Topliss-reactive ketones (excluding diaryl/α,β-unsaturated/α-hetero) is 1. The molecule has 1 saturated heterocycles. The Kier molecular flexibility index (Phi) is 3.81. The summed E-state index contributed by atoms with van der Waals surface area (Å²) < 4.78 is 0. The number of piperidine rings is 1. The quantitative estimate of drug-likeness (QED) is 0.938. The van der Waals surface area contributed by atoms with E-state index in [-0.39, 0.29) is 0 Å². The Morgan fingerprint density at radius 1 is 1.10 bits per heavy atom. The van der Waals surface area contributed by atoms with Crippen molar-refractivity contribution in [2.75, 3.05) is 23.3 Å². The summed E-state index contributed by atoms with van der Waals surface area (Å²) in [6.07, 6.45) is 1.20. The topological polar surface area (TPSA) is 58.1 Å². The van der Waals surface area contributed by atoms with Gasteiger partial charge in [-0.2, -0.15) is 4.98 Å². The van der Waals surface area contributed by atoms with E-state index < -0.39 is 0 Å². The molecule has 1 fully saturated rings. The molecule has 2 aromatic rings. The molecule has 1 aromatic carbocycles. The summed E-state index contributed by atoms with van der Waals surface area (Å²) in [5.41, 5.74) is 1.87. The second-order valence-corrected chi connectivity index (χ2v) is 5.21. The average Bonchev–Trinajstić information content (AvgIpc) is 2.48. The van der Waals surface area contributed by atoms with Gasteiger partial charge in [0.15, 0.2) is 0 Å². The molecule has 108 valence electrons. The maximum atomic E-state index is 11.3. The molecule has 0 aliphatic carbocycles. The summed E-state index contributed by atoms with van der Waals surface area (Å²) in [4.78, 5) is 22.5. The van der Waals surface area contributed by atoms with Gasteiger partial charge in [0, 0.05) is 43.4 Å². The molecule has 1 aliphatic rings. The number of aryl methyl sites for hydroxylation is 1. The zero-order chi connectivity index (χ0) is 14.7. The molecule has 5 heteroatoms. The summed E-state index contributed by atoms with van der Waals surface area (Å²) in [6.45, 7) is 3.43. The fourth-order valence-electron chi connectivity index (χ4n) is 2.41. The van der Waals surface area contributed by atoms with Crippen LogP contribution in [0.4, 0.5) is 17.5 Å². The predicted molar refractivity (Wildman–Crippen MR) is 82.9 cm³/mol. The number of anilines is 3. The lowest BCUT2D eigenvalue weighted by atomic mass is 10.1. The summed E-state index contributed by atoms with van der Waals surface area (Å²) in [5.74, 6) is 1.81. The molecule has 1 aliphatic heterocycles. The van der Waals surface area contributed by atoms with Crippen molar-refractivity contribution in [1.29, 1.82) is 0 Å². The first-order valence-corrected chi connectivity index (χ1v) is 7.15. The van der Waals surface area contributed by atoms with Crippen LogP contribution in [-0.4, -0.2) is 28.8 Å². The Bertz CT molecular complexity index is 632. The lowest BCUT2D eigenvalue weighted by Gasteiger charge is -2.27. The number of aromatic nitrogens is 2. The highest BCUT2D eigenvalue weighted by atomic mass is 16.1. The third-order valence-electron chi connectivity index (χ3n) is 3.52. The van der Waals surface area contributed by atoms with Crippen molar-refractivity contribution in [3.8, 4) is 0 Å². The van der Waals surface area contributed by atoms with Gasteiger partial charge in [-0.15, -0.1) is 0 Å². The van der Waals surface area contributed by atoms with Gasteiger partial charge in [0.2, 0.25) is 5.95 Å². The number of nitrogens with zero attached hydrogens (tertiary/aromatic N) is 3. The fraction of sp³-hybridized carbons (Fsp3) is 0.312. The number of nitrogens with one attached hydrogen (secondary N) is 1. The van der Waals surface area contributed by atoms with E-state index in [1.807, 2.05) is 43.3 Å². The lowest BCUT2D eigenvalue weighted by Crippen LogP contribution is -2.34. The van der Waals surface area contributed by atoms with Crippen LogP contribution in [0.25, 0.3) is 0 Å². The zero-order valence-corrected chi connectivity index (χ0v) is 12.0. The fourth-order valence-corrected chi connectivity index (χ4v) is 2.41. The van der Waals surface area contributed by atoms with Crippen LogP contribution in [0.15, 0.2) is 36.4 Å².